The molecule has 1 fully saturated rings. The van der Waals surface area contributed by atoms with E-state index in [-0.39, 0.29) is 18.0 Å². The first-order valence-corrected chi connectivity index (χ1v) is 11.5. The minimum Gasteiger partial charge on any atom is -0.370 e. The number of nitrogens with one attached hydrogen (secondary N) is 2. The van der Waals surface area contributed by atoms with E-state index in [4.69, 9.17) is 0 Å². The average molecular weight is 425 g/mol. The maximum absolute atomic E-state index is 12.8. The topological polar surface area (TPSA) is 74.6 Å². The number of carbonyl (C=O) groups is 1. The van der Waals surface area contributed by atoms with Gasteiger partial charge in [-0.25, -0.2) is 4.79 Å². The third-order valence-corrected chi connectivity index (χ3v) is 6.35. The minimum atomic E-state index is -0.257. The van der Waals surface area contributed by atoms with E-state index >= 15 is 0 Å². The van der Waals surface area contributed by atoms with Crippen molar-refractivity contribution in [3.05, 3.63) is 54.0 Å². The lowest BCUT2D eigenvalue weighted by atomic mass is 10.0. The van der Waals surface area contributed by atoms with Gasteiger partial charge in [0.15, 0.2) is 11.5 Å². The summed E-state index contributed by atoms with van der Waals surface area (Å²) in [6.45, 7) is 8.29. The SMILES string of the molecule is Cc1cc(N2CCSCC2)ccc1NC(=O)NC(c1nnc2ccccn12)C(C)C. The molecule has 4 rings (SSSR count). The molecule has 1 atom stereocenters. The lowest BCUT2D eigenvalue weighted by Crippen LogP contribution is -2.36. The first-order chi connectivity index (χ1) is 14.5. The van der Waals surface area contributed by atoms with Gasteiger partial charge in [-0.1, -0.05) is 19.9 Å². The summed E-state index contributed by atoms with van der Waals surface area (Å²) in [6, 6.07) is 11.5. The van der Waals surface area contributed by atoms with E-state index in [0.29, 0.717) is 0 Å². The second-order valence-electron chi connectivity index (χ2n) is 7.91. The summed E-state index contributed by atoms with van der Waals surface area (Å²) >= 11 is 2.00. The number of hydrogen-bond donors (Lipinski definition) is 2. The number of hydrogen-bond acceptors (Lipinski definition) is 5. The molecule has 0 saturated carbocycles. The number of fused-ring (bicyclic) bond motifs is 1. The number of carbonyl (C=O) groups excluding carboxylic acids is 1. The van der Waals surface area contributed by atoms with Crippen LogP contribution >= 0.6 is 11.8 Å². The van der Waals surface area contributed by atoms with E-state index in [1.807, 2.05) is 53.5 Å². The van der Waals surface area contributed by atoms with Crippen LogP contribution in [0.15, 0.2) is 42.6 Å². The summed E-state index contributed by atoms with van der Waals surface area (Å²) in [6.07, 6.45) is 1.92. The third-order valence-electron chi connectivity index (χ3n) is 5.41. The zero-order chi connectivity index (χ0) is 21.1. The van der Waals surface area contributed by atoms with Crippen LogP contribution in [0.4, 0.5) is 16.2 Å². The van der Waals surface area contributed by atoms with Gasteiger partial charge in [-0.3, -0.25) is 4.40 Å². The van der Waals surface area contributed by atoms with Gasteiger partial charge in [0, 0.05) is 42.2 Å². The van der Waals surface area contributed by atoms with Crippen LogP contribution < -0.4 is 15.5 Å². The fourth-order valence-electron chi connectivity index (χ4n) is 3.71. The number of urea groups is 1. The summed E-state index contributed by atoms with van der Waals surface area (Å²) in [7, 11) is 0. The molecule has 1 saturated heterocycles. The molecule has 2 aromatic heterocycles. The lowest BCUT2D eigenvalue weighted by molar-refractivity contribution is 0.243. The van der Waals surface area contributed by atoms with E-state index in [2.05, 4.69) is 51.7 Å². The Morgan fingerprint density at radius 1 is 1.13 bits per heavy atom. The molecule has 1 unspecified atom stereocenters. The fourth-order valence-corrected chi connectivity index (χ4v) is 4.61. The molecule has 2 amide bonds. The molecule has 30 heavy (non-hydrogen) atoms. The zero-order valence-electron chi connectivity index (χ0n) is 17.6. The Bertz CT molecular complexity index is 1030. The monoisotopic (exact) mass is 424 g/mol. The van der Waals surface area contributed by atoms with Gasteiger partial charge in [0.2, 0.25) is 0 Å². The first kappa shape index (κ1) is 20.5. The van der Waals surface area contributed by atoms with Crippen molar-refractivity contribution < 1.29 is 4.79 Å². The Kier molecular flexibility index (Phi) is 6.13. The minimum absolute atomic E-state index is 0.156. The van der Waals surface area contributed by atoms with Crippen molar-refractivity contribution in [2.45, 2.75) is 26.8 Å². The van der Waals surface area contributed by atoms with Crippen molar-refractivity contribution >= 4 is 34.8 Å². The molecule has 1 aromatic carbocycles. The summed E-state index contributed by atoms with van der Waals surface area (Å²) in [4.78, 5) is 15.2. The van der Waals surface area contributed by atoms with Gasteiger partial charge >= 0.3 is 6.03 Å². The predicted molar refractivity (Wildman–Crippen MR) is 123 cm³/mol. The Labute approximate surface area is 181 Å². The summed E-state index contributed by atoms with van der Waals surface area (Å²) < 4.78 is 1.92. The van der Waals surface area contributed by atoms with Gasteiger partial charge in [0.25, 0.3) is 0 Å². The second-order valence-corrected chi connectivity index (χ2v) is 9.13. The molecular formula is C22H28N6OS. The number of amides is 2. The highest BCUT2D eigenvalue weighted by molar-refractivity contribution is 7.99. The van der Waals surface area contributed by atoms with Crippen molar-refractivity contribution in [2.24, 2.45) is 5.92 Å². The van der Waals surface area contributed by atoms with E-state index in [0.717, 1.165) is 47.3 Å². The van der Waals surface area contributed by atoms with Gasteiger partial charge in [0.1, 0.15) is 0 Å². The van der Waals surface area contributed by atoms with Crippen LogP contribution in [0.5, 0.6) is 0 Å². The number of pyridine rings is 1. The van der Waals surface area contributed by atoms with Gasteiger partial charge in [-0.05, 0) is 48.7 Å². The van der Waals surface area contributed by atoms with Gasteiger partial charge in [-0.2, -0.15) is 11.8 Å². The van der Waals surface area contributed by atoms with Gasteiger partial charge < -0.3 is 15.5 Å². The summed E-state index contributed by atoms with van der Waals surface area (Å²) in [5.74, 6) is 3.21. The van der Waals surface area contributed by atoms with Crippen LogP contribution in [0, 0.1) is 12.8 Å². The molecule has 0 spiro atoms. The molecule has 2 N–H and O–H groups in total. The van der Waals surface area contributed by atoms with Crippen molar-refractivity contribution in [3.63, 3.8) is 0 Å². The molecular weight excluding hydrogens is 396 g/mol. The van der Waals surface area contributed by atoms with Gasteiger partial charge in [-0.15, -0.1) is 10.2 Å². The van der Waals surface area contributed by atoms with Crippen molar-refractivity contribution in [1.82, 2.24) is 19.9 Å². The Morgan fingerprint density at radius 2 is 1.93 bits per heavy atom. The Hall–Kier alpha value is -2.74. The highest BCUT2D eigenvalue weighted by Gasteiger charge is 2.24. The zero-order valence-corrected chi connectivity index (χ0v) is 18.4. The number of nitrogens with zero attached hydrogens (tertiary/aromatic N) is 4. The van der Waals surface area contributed by atoms with Gasteiger partial charge in [0.05, 0.1) is 6.04 Å². The molecule has 7 nitrogen and oxygen atoms in total. The summed E-state index contributed by atoms with van der Waals surface area (Å²) in [5.41, 5.74) is 3.85. The molecule has 0 radical (unpaired) electrons. The lowest BCUT2D eigenvalue weighted by Gasteiger charge is -2.29. The van der Waals surface area contributed by atoms with E-state index in [1.54, 1.807) is 0 Å². The molecule has 0 bridgehead atoms. The molecule has 8 heteroatoms. The average Bonchev–Trinajstić information content (AvgIpc) is 3.18. The quantitative estimate of drug-likeness (QED) is 0.645. The molecule has 3 aromatic rings. The Balaban J connectivity index is 1.47. The van der Waals surface area contributed by atoms with Crippen LogP contribution in [0.1, 0.15) is 31.3 Å². The number of benzene rings is 1. The smallest absolute Gasteiger partial charge is 0.319 e. The molecule has 3 heterocycles. The number of rotatable bonds is 5. The van der Waals surface area contributed by atoms with Crippen LogP contribution in [0.2, 0.25) is 0 Å². The largest absolute Gasteiger partial charge is 0.370 e. The fraction of sp³-hybridized carbons (Fsp3) is 0.409. The highest BCUT2D eigenvalue weighted by atomic mass is 32.2. The highest BCUT2D eigenvalue weighted by Crippen LogP contribution is 2.26. The predicted octanol–water partition coefficient (Wildman–Crippen LogP) is 4.11. The van der Waals surface area contributed by atoms with Crippen LogP contribution in [0.3, 0.4) is 0 Å². The van der Waals surface area contributed by atoms with Crippen LogP contribution in [0.25, 0.3) is 5.65 Å². The van der Waals surface area contributed by atoms with E-state index < -0.39 is 0 Å². The molecule has 1 aliphatic heterocycles. The molecule has 158 valence electrons. The van der Waals surface area contributed by atoms with Crippen LogP contribution in [-0.4, -0.2) is 45.2 Å². The molecule has 0 aliphatic carbocycles. The van der Waals surface area contributed by atoms with E-state index in [9.17, 15) is 4.79 Å². The number of thioether (sulfide) groups is 1. The summed E-state index contributed by atoms with van der Waals surface area (Å²) in [5, 5.41) is 14.6. The number of aromatic nitrogens is 3. The molecule has 1 aliphatic rings. The maximum atomic E-state index is 12.8. The normalized spacial score (nSPS) is 15.4. The second kappa shape index (κ2) is 8.95. The van der Waals surface area contributed by atoms with Crippen molar-refractivity contribution in [3.8, 4) is 0 Å². The number of aryl methyl sites for hydroxylation is 1. The van der Waals surface area contributed by atoms with Crippen molar-refractivity contribution in [2.75, 3.05) is 34.8 Å². The first-order valence-electron chi connectivity index (χ1n) is 10.3. The van der Waals surface area contributed by atoms with Crippen LogP contribution in [-0.2, 0) is 0 Å². The van der Waals surface area contributed by atoms with Crippen molar-refractivity contribution in [1.29, 1.82) is 0 Å². The third kappa shape index (κ3) is 4.38. The number of anilines is 2. The standard InChI is InChI=1S/C22H28N6OS/c1-15(2)20(21-26-25-19-6-4-5-9-28(19)21)24-22(29)23-18-8-7-17(14-16(18)3)27-10-12-30-13-11-27/h4-9,14-15,20H,10-13H2,1-3H3,(H2,23,24,29). The van der Waals surface area contributed by atoms with E-state index in [1.165, 1.54) is 5.69 Å². The Morgan fingerprint density at radius 3 is 2.67 bits per heavy atom. The maximum Gasteiger partial charge on any atom is 0.319 e.